The molecule has 1 aliphatic heterocycles. The highest BCUT2D eigenvalue weighted by atomic mass is 32.2. The lowest BCUT2D eigenvalue weighted by Crippen LogP contribution is -2.44. The van der Waals surface area contributed by atoms with Gasteiger partial charge in [-0.05, 0) is 49.3 Å². The lowest BCUT2D eigenvalue weighted by Gasteiger charge is -2.31. The van der Waals surface area contributed by atoms with Crippen LogP contribution in [0.5, 0.6) is 0 Å². The molecule has 1 fully saturated rings. The van der Waals surface area contributed by atoms with Crippen LogP contribution in [0.1, 0.15) is 19.3 Å². The number of carbonyl (C=O) groups is 2. The minimum absolute atomic E-state index is 0.00236. The van der Waals surface area contributed by atoms with Crippen molar-refractivity contribution in [1.29, 1.82) is 0 Å². The highest BCUT2D eigenvalue weighted by molar-refractivity contribution is 7.99. The fraction of sp³-hybridized carbons (Fsp3) is 0.364. The molecule has 2 N–H and O–H groups in total. The van der Waals surface area contributed by atoms with E-state index in [-0.39, 0.29) is 17.9 Å². The van der Waals surface area contributed by atoms with Crippen molar-refractivity contribution in [3.05, 3.63) is 60.7 Å². The van der Waals surface area contributed by atoms with E-state index in [0.29, 0.717) is 32.5 Å². The Hall–Kier alpha value is -2.47. The lowest BCUT2D eigenvalue weighted by atomic mass is 9.96. The molecule has 0 bridgehead atoms. The molecule has 0 aliphatic carbocycles. The lowest BCUT2D eigenvalue weighted by molar-refractivity contribution is -0.126. The van der Waals surface area contributed by atoms with Gasteiger partial charge in [-0.3, -0.25) is 4.79 Å². The fourth-order valence-corrected chi connectivity index (χ4v) is 4.08. The van der Waals surface area contributed by atoms with Gasteiger partial charge in [-0.15, -0.1) is 11.8 Å². The van der Waals surface area contributed by atoms with Crippen LogP contribution in [-0.2, 0) is 4.79 Å². The number of amides is 3. The predicted molar refractivity (Wildman–Crippen MR) is 115 cm³/mol. The van der Waals surface area contributed by atoms with Crippen molar-refractivity contribution in [3.8, 4) is 0 Å². The van der Waals surface area contributed by atoms with Crippen LogP contribution < -0.4 is 10.6 Å². The van der Waals surface area contributed by atoms with Crippen LogP contribution in [0.25, 0.3) is 0 Å². The Bertz CT molecular complexity index is 747. The maximum atomic E-state index is 12.4. The van der Waals surface area contributed by atoms with Crippen molar-refractivity contribution < 1.29 is 9.59 Å². The largest absolute Gasteiger partial charge is 0.356 e. The zero-order valence-corrected chi connectivity index (χ0v) is 16.8. The van der Waals surface area contributed by atoms with E-state index in [1.165, 1.54) is 4.90 Å². The number of piperidine rings is 1. The molecule has 5 nitrogen and oxygen atoms in total. The quantitative estimate of drug-likeness (QED) is 0.543. The van der Waals surface area contributed by atoms with E-state index in [4.69, 9.17) is 0 Å². The number of thioether (sulfide) groups is 1. The minimum Gasteiger partial charge on any atom is -0.356 e. The van der Waals surface area contributed by atoms with Gasteiger partial charge in [-0.25, -0.2) is 4.79 Å². The summed E-state index contributed by atoms with van der Waals surface area (Å²) in [6, 6.07) is 19.6. The van der Waals surface area contributed by atoms with Gasteiger partial charge in [0.25, 0.3) is 0 Å². The smallest absolute Gasteiger partial charge is 0.321 e. The Labute approximate surface area is 170 Å². The van der Waals surface area contributed by atoms with Crippen molar-refractivity contribution in [1.82, 2.24) is 10.2 Å². The van der Waals surface area contributed by atoms with Gasteiger partial charge in [0.2, 0.25) is 5.91 Å². The number of likely N-dealkylation sites (tertiary alicyclic amines) is 1. The van der Waals surface area contributed by atoms with E-state index in [0.717, 1.165) is 17.9 Å². The summed E-state index contributed by atoms with van der Waals surface area (Å²) >= 11 is 1.81. The summed E-state index contributed by atoms with van der Waals surface area (Å²) in [6.45, 7) is 1.93. The average Bonchev–Trinajstić information content (AvgIpc) is 2.75. The zero-order valence-electron chi connectivity index (χ0n) is 16.0. The molecule has 0 unspecified atom stereocenters. The maximum absolute atomic E-state index is 12.4. The molecule has 0 saturated carbocycles. The predicted octanol–water partition coefficient (Wildman–Crippen LogP) is 4.23. The minimum atomic E-state index is -0.0944. The van der Waals surface area contributed by atoms with Crippen molar-refractivity contribution >= 4 is 29.4 Å². The Morgan fingerprint density at radius 3 is 2.29 bits per heavy atom. The highest BCUT2D eigenvalue weighted by Gasteiger charge is 2.27. The molecule has 1 heterocycles. The number of hydrogen-bond acceptors (Lipinski definition) is 3. The summed E-state index contributed by atoms with van der Waals surface area (Å²) in [4.78, 5) is 27.7. The van der Waals surface area contributed by atoms with Gasteiger partial charge in [-0.1, -0.05) is 36.4 Å². The third-order valence-electron chi connectivity index (χ3n) is 4.81. The van der Waals surface area contributed by atoms with E-state index in [2.05, 4.69) is 22.8 Å². The number of benzene rings is 2. The van der Waals surface area contributed by atoms with E-state index in [9.17, 15) is 9.59 Å². The summed E-state index contributed by atoms with van der Waals surface area (Å²) < 4.78 is 0. The maximum Gasteiger partial charge on any atom is 0.321 e. The molecule has 1 saturated heterocycles. The molecule has 148 valence electrons. The van der Waals surface area contributed by atoms with Crippen LogP contribution in [0, 0.1) is 5.92 Å². The SMILES string of the molecule is O=C(NCCCSc1ccccc1)C1CCN(C(=O)Nc2ccccc2)CC1. The molecule has 6 heteroatoms. The molecular weight excluding hydrogens is 370 g/mol. The van der Waals surface area contributed by atoms with Crippen molar-refractivity contribution in [2.75, 3.05) is 30.7 Å². The summed E-state index contributed by atoms with van der Waals surface area (Å²) in [5.41, 5.74) is 0.792. The van der Waals surface area contributed by atoms with Gasteiger partial charge in [0.05, 0.1) is 0 Å². The van der Waals surface area contributed by atoms with E-state index >= 15 is 0 Å². The Morgan fingerprint density at radius 2 is 1.61 bits per heavy atom. The summed E-state index contributed by atoms with van der Waals surface area (Å²) in [5, 5.41) is 5.95. The fourth-order valence-electron chi connectivity index (χ4n) is 3.20. The second kappa shape index (κ2) is 10.8. The number of para-hydroxylation sites is 1. The third-order valence-corrected chi connectivity index (χ3v) is 5.91. The van der Waals surface area contributed by atoms with Crippen LogP contribution in [0.15, 0.2) is 65.6 Å². The molecule has 1 aliphatic rings. The molecule has 0 spiro atoms. The Morgan fingerprint density at radius 1 is 0.964 bits per heavy atom. The number of anilines is 1. The zero-order chi connectivity index (χ0) is 19.6. The first-order chi connectivity index (χ1) is 13.7. The molecule has 2 aromatic carbocycles. The van der Waals surface area contributed by atoms with Crippen LogP contribution in [0.3, 0.4) is 0 Å². The van der Waals surface area contributed by atoms with Gasteiger partial charge in [0, 0.05) is 36.1 Å². The number of rotatable bonds is 7. The van der Waals surface area contributed by atoms with E-state index in [1.54, 1.807) is 4.90 Å². The number of urea groups is 1. The topological polar surface area (TPSA) is 61.4 Å². The molecule has 0 atom stereocenters. The first-order valence-corrected chi connectivity index (χ1v) is 10.8. The second-order valence-electron chi connectivity index (χ2n) is 6.86. The normalized spacial score (nSPS) is 14.5. The standard InChI is InChI=1S/C22H27N3O2S/c26-21(23-14-7-17-28-20-10-5-2-6-11-20)18-12-15-25(16-13-18)22(27)24-19-8-3-1-4-9-19/h1-6,8-11,18H,7,12-17H2,(H,23,26)(H,24,27). The average molecular weight is 398 g/mol. The first-order valence-electron chi connectivity index (χ1n) is 9.79. The molecule has 3 amide bonds. The second-order valence-corrected chi connectivity index (χ2v) is 8.03. The van der Waals surface area contributed by atoms with Crippen LogP contribution in [0.2, 0.25) is 0 Å². The van der Waals surface area contributed by atoms with Crippen LogP contribution in [-0.4, -0.2) is 42.2 Å². The Balaban J connectivity index is 1.30. The summed E-state index contributed by atoms with van der Waals surface area (Å²) in [5.74, 6) is 1.11. The summed E-state index contributed by atoms with van der Waals surface area (Å²) in [6.07, 6.45) is 2.38. The molecule has 28 heavy (non-hydrogen) atoms. The number of nitrogens with one attached hydrogen (secondary N) is 2. The van der Waals surface area contributed by atoms with Crippen molar-refractivity contribution in [3.63, 3.8) is 0 Å². The molecule has 3 rings (SSSR count). The van der Waals surface area contributed by atoms with Crippen molar-refractivity contribution in [2.24, 2.45) is 5.92 Å². The van der Waals surface area contributed by atoms with Gasteiger partial charge in [0.15, 0.2) is 0 Å². The van der Waals surface area contributed by atoms with E-state index in [1.807, 2.05) is 60.3 Å². The molecule has 0 radical (unpaired) electrons. The number of nitrogens with zero attached hydrogens (tertiary/aromatic N) is 1. The molecule has 0 aromatic heterocycles. The van der Waals surface area contributed by atoms with Gasteiger partial charge in [0.1, 0.15) is 0 Å². The highest BCUT2D eigenvalue weighted by Crippen LogP contribution is 2.19. The Kier molecular flexibility index (Phi) is 7.79. The van der Waals surface area contributed by atoms with Crippen molar-refractivity contribution in [2.45, 2.75) is 24.2 Å². The number of hydrogen-bond donors (Lipinski definition) is 2. The first kappa shape index (κ1) is 20.3. The van der Waals surface area contributed by atoms with Gasteiger partial charge in [-0.2, -0.15) is 0 Å². The monoisotopic (exact) mass is 397 g/mol. The number of carbonyl (C=O) groups excluding carboxylic acids is 2. The third kappa shape index (κ3) is 6.30. The van der Waals surface area contributed by atoms with E-state index < -0.39 is 0 Å². The molecular formula is C22H27N3O2S. The van der Waals surface area contributed by atoms with Gasteiger partial charge >= 0.3 is 6.03 Å². The van der Waals surface area contributed by atoms with Crippen LogP contribution in [0.4, 0.5) is 10.5 Å². The van der Waals surface area contributed by atoms with Crippen LogP contribution >= 0.6 is 11.8 Å². The van der Waals surface area contributed by atoms with Gasteiger partial charge < -0.3 is 15.5 Å². The summed E-state index contributed by atoms with van der Waals surface area (Å²) in [7, 11) is 0. The molecule has 2 aromatic rings.